The van der Waals surface area contributed by atoms with E-state index in [1.54, 1.807) is 26.0 Å². The Labute approximate surface area is 191 Å². The molecule has 1 N–H and O–H groups in total. The molecule has 3 aromatic rings. The molecule has 0 saturated heterocycles. The summed E-state index contributed by atoms with van der Waals surface area (Å²) in [5, 5.41) is 9.31. The van der Waals surface area contributed by atoms with E-state index >= 15 is 0 Å². The number of fused-ring (bicyclic) bond motifs is 1. The van der Waals surface area contributed by atoms with Gasteiger partial charge in [0.2, 0.25) is 0 Å². The molecule has 2 aromatic carbocycles. The van der Waals surface area contributed by atoms with Crippen molar-refractivity contribution in [2.45, 2.75) is 45.5 Å². The van der Waals surface area contributed by atoms with Gasteiger partial charge in [0, 0.05) is 30.1 Å². The van der Waals surface area contributed by atoms with Crippen molar-refractivity contribution in [2.24, 2.45) is 0 Å². The van der Waals surface area contributed by atoms with Crippen LogP contribution < -0.4 is 4.74 Å². The molecule has 4 rings (SSSR count). The molecule has 1 aliphatic rings. The van der Waals surface area contributed by atoms with Gasteiger partial charge in [0.15, 0.2) is 5.60 Å². The lowest BCUT2D eigenvalue weighted by atomic mass is 10.0. The van der Waals surface area contributed by atoms with Crippen molar-refractivity contribution in [3.63, 3.8) is 0 Å². The van der Waals surface area contributed by atoms with Gasteiger partial charge >= 0.3 is 5.97 Å². The first-order valence-corrected chi connectivity index (χ1v) is 11.5. The van der Waals surface area contributed by atoms with Crippen LogP contribution in [0.4, 0.5) is 4.39 Å². The Kier molecular flexibility index (Phi) is 6.58. The smallest absolute Gasteiger partial charge is 0.347 e. The fourth-order valence-corrected chi connectivity index (χ4v) is 4.59. The minimum atomic E-state index is -1.26. The molecule has 0 fully saturated rings. The highest BCUT2D eigenvalue weighted by atomic mass is 32.1. The highest BCUT2D eigenvalue weighted by molar-refractivity contribution is 7.06. The number of aliphatic carboxylic acids is 1. The van der Waals surface area contributed by atoms with Crippen molar-refractivity contribution in [1.82, 2.24) is 9.27 Å². The monoisotopic (exact) mass is 454 g/mol. The average Bonchev–Trinajstić information content (AvgIpc) is 3.15. The Morgan fingerprint density at radius 2 is 1.84 bits per heavy atom. The third kappa shape index (κ3) is 5.16. The molecule has 0 spiro atoms. The Morgan fingerprint density at radius 1 is 1.12 bits per heavy atom. The second kappa shape index (κ2) is 9.38. The molecule has 0 atom stereocenters. The fraction of sp³-hybridized carbons (Fsp3) is 0.360. The highest BCUT2D eigenvalue weighted by Crippen LogP contribution is 2.27. The number of hydrogen-bond acceptors (Lipinski definition) is 5. The van der Waals surface area contributed by atoms with Crippen LogP contribution in [0.3, 0.4) is 0 Å². The van der Waals surface area contributed by atoms with Crippen LogP contribution >= 0.6 is 11.5 Å². The average molecular weight is 455 g/mol. The largest absolute Gasteiger partial charge is 0.478 e. The molecule has 0 unspecified atom stereocenters. The summed E-state index contributed by atoms with van der Waals surface area (Å²) in [5.41, 5.74) is 3.84. The van der Waals surface area contributed by atoms with E-state index in [-0.39, 0.29) is 0 Å². The Morgan fingerprint density at radius 3 is 2.53 bits per heavy atom. The van der Waals surface area contributed by atoms with Gasteiger partial charge in [-0.25, -0.2) is 9.18 Å². The van der Waals surface area contributed by atoms with Crippen molar-refractivity contribution >= 4 is 17.5 Å². The number of benzene rings is 2. The van der Waals surface area contributed by atoms with Gasteiger partial charge in [0.25, 0.3) is 0 Å². The maximum absolute atomic E-state index is 12.7. The SMILES string of the molecule is CC(C)(Oc1ccc2c(c1)CCN(Cc1cc(-c3ccc(CF)cc3)ns1)CC2)C(=O)O. The van der Waals surface area contributed by atoms with Crippen LogP contribution in [0.25, 0.3) is 11.3 Å². The van der Waals surface area contributed by atoms with Gasteiger partial charge in [-0.1, -0.05) is 30.3 Å². The Hall–Kier alpha value is -2.77. The van der Waals surface area contributed by atoms with E-state index in [1.165, 1.54) is 27.5 Å². The van der Waals surface area contributed by atoms with Gasteiger partial charge in [0.05, 0.1) is 5.69 Å². The number of ether oxygens (including phenoxy) is 1. The number of halogens is 1. The normalized spacial score (nSPS) is 14.6. The van der Waals surface area contributed by atoms with E-state index in [0.29, 0.717) is 11.3 Å². The van der Waals surface area contributed by atoms with E-state index in [4.69, 9.17) is 4.74 Å². The van der Waals surface area contributed by atoms with Crippen LogP contribution in [0.15, 0.2) is 48.5 Å². The van der Waals surface area contributed by atoms with Gasteiger partial charge in [0.1, 0.15) is 12.4 Å². The minimum absolute atomic E-state index is 0.453. The van der Waals surface area contributed by atoms with E-state index in [9.17, 15) is 14.3 Å². The third-order valence-corrected chi connectivity index (χ3v) is 6.57. The zero-order valence-electron chi connectivity index (χ0n) is 18.3. The summed E-state index contributed by atoms with van der Waals surface area (Å²) in [4.78, 5) is 15.0. The predicted molar refractivity (Wildman–Crippen MR) is 124 cm³/mol. The molecule has 1 aliphatic heterocycles. The van der Waals surface area contributed by atoms with E-state index in [2.05, 4.69) is 21.4 Å². The van der Waals surface area contributed by atoms with E-state index in [1.807, 2.05) is 24.3 Å². The standard InChI is InChI=1S/C25H27FN2O3S/c1-25(2,24(29)30)31-21-8-7-18-9-11-28(12-10-20(18)13-21)16-22-14-23(27-32-22)19-5-3-17(15-26)4-6-19/h3-8,13-14H,9-12,15-16H2,1-2H3,(H,29,30). The number of nitrogens with zero attached hydrogens (tertiary/aromatic N) is 2. The van der Waals surface area contributed by atoms with Crippen LogP contribution in [-0.2, 0) is 30.9 Å². The summed E-state index contributed by atoms with van der Waals surface area (Å²) >= 11 is 1.51. The summed E-state index contributed by atoms with van der Waals surface area (Å²) < 4.78 is 23.0. The first-order valence-electron chi connectivity index (χ1n) is 10.7. The summed E-state index contributed by atoms with van der Waals surface area (Å²) in [5.74, 6) is -0.392. The number of aromatic nitrogens is 1. The molecule has 168 valence electrons. The molecule has 0 amide bonds. The molecular weight excluding hydrogens is 427 g/mol. The zero-order chi connectivity index (χ0) is 22.7. The second-order valence-electron chi connectivity index (χ2n) is 8.63. The molecule has 2 heterocycles. The lowest BCUT2D eigenvalue weighted by Crippen LogP contribution is -2.37. The van der Waals surface area contributed by atoms with Crippen molar-refractivity contribution in [3.05, 3.63) is 70.1 Å². The maximum atomic E-state index is 12.7. The third-order valence-electron chi connectivity index (χ3n) is 5.80. The summed E-state index contributed by atoms with van der Waals surface area (Å²) in [6.07, 6.45) is 1.82. The number of carbonyl (C=O) groups is 1. The lowest BCUT2D eigenvalue weighted by Gasteiger charge is -2.22. The highest BCUT2D eigenvalue weighted by Gasteiger charge is 2.29. The number of rotatable bonds is 7. The summed E-state index contributed by atoms with van der Waals surface area (Å²) in [6, 6.07) is 15.5. The topological polar surface area (TPSA) is 62.7 Å². The first-order chi connectivity index (χ1) is 15.3. The Balaban J connectivity index is 1.40. The van der Waals surface area contributed by atoms with E-state index in [0.717, 1.165) is 43.7 Å². The number of alkyl halides is 1. The van der Waals surface area contributed by atoms with Crippen LogP contribution in [0.2, 0.25) is 0 Å². The predicted octanol–water partition coefficient (Wildman–Crippen LogP) is 5.12. The molecule has 5 nitrogen and oxygen atoms in total. The molecular formula is C25H27FN2O3S. The number of hydrogen-bond donors (Lipinski definition) is 1. The molecule has 1 aromatic heterocycles. The summed E-state index contributed by atoms with van der Waals surface area (Å²) in [7, 11) is 0. The maximum Gasteiger partial charge on any atom is 0.347 e. The lowest BCUT2D eigenvalue weighted by molar-refractivity contribution is -0.152. The summed E-state index contributed by atoms with van der Waals surface area (Å²) in [6.45, 7) is 5.36. The van der Waals surface area contributed by atoms with Gasteiger partial charge in [-0.15, -0.1) is 0 Å². The van der Waals surface area contributed by atoms with Crippen LogP contribution in [-0.4, -0.2) is 39.0 Å². The molecule has 0 bridgehead atoms. The zero-order valence-corrected chi connectivity index (χ0v) is 19.1. The molecule has 0 radical (unpaired) electrons. The fourth-order valence-electron chi connectivity index (χ4n) is 3.82. The van der Waals surface area contributed by atoms with Crippen molar-refractivity contribution < 1.29 is 19.0 Å². The Bertz CT molecular complexity index is 1090. The van der Waals surface area contributed by atoms with E-state index < -0.39 is 18.2 Å². The van der Waals surface area contributed by atoms with Crippen molar-refractivity contribution in [1.29, 1.82) is 0 Å². The van der Waals surface area contributed by atoms with Crippen LogP contribution in [0, 0.1) is 0 Å². The van der Waals surface area contributed by atoms with Crippen molar-refractivity contribution in [2.75, 3.05) is 13.1 Å². The minimum Gasteiger partial charge on any atom is -0.478 e. The van der Waals surface area contributed by atoms with Crippen LogP contribution in [0.5, 0.6) is 5.75 Å². The molecule has 7 heteroatoms. The van der Waals surface area contributed by atoms with Gasteiger partial charge in [-0.3, -0.25) is 4.90 Å². The quantitative estimate of drug-likeness (QED) is 0.537. The van der Waals surface area contributed by atoms with Crippen LogP contribution in [0.1, 0.15) is 35.4 Å². The second-order valence-corrected chi connectivity index (χ2v) is 9.52. The van der Waals surface area contributed by atoms with Crippen molar-refractivity contribution in [3.8, 4) is 17.0 Å². The molecule has 0 saturated carbocycles. The molecule has 0 aliphatic carbocycles. The molecule has 32 heavy (non-hydrogen) atoms. The van der Waals surface area contributed by atoms with Gasteiger partial charge < -0.3 is 9.84 Å². The number of carboxylic acid groups (broad SMARTS) is 1. The number of carboxylic acids is 1. The van der Waals surface area contributed by atoms with Gasteiger partial charge in [-0.2, -0.15) is 4.37 Å². The first kappa shape index (κ1) is 22.4. The van der Waals surface area contributed by atoms with Gasteiger partial charge in [-0.05, 0) is 73.1 Å².